The molecule has 0 radical (unpaired) electrons. The summed E-state index contributed by atoms with van der Waals surface area (Å²) in [5.74, 6) is 0.753. The molecule has 0 saturated carbocycles. The fourth-order valence-electron chi connectivity index (χ4n) is 4.81. The lowest BCUT2D eigenvalue weighted by atomic mass is 9.97. The third-order valence-corrected chi connectivity index (χ3v) is 7.80. The minimum absolute atomic E-state index is 0.0267. The lowest BCUT2D eigenvalue weighted by Crippen LogP contribution is -2.29. The Bertz CT molecular complexity index is 1570. The van der Waals surface area contributed by atoms with Crippen LogP contribution in [0, 0.1) is 20.8 Å². The summed E-state index contributed by atoms with van der Waals surface area (Å²) in [6.45, 7) is 8.48. The van der Waals surface area contributed by atoms with Gasteiger partial charge in [-0.25, -0.2) is 0 Å². The molecule has 1 atom stereocenters. The fourth-order valence-corrected chi connectivity index (χ4v) is 5.52. The van der Waals surface area contributed by atoms with Crippen LogP contribution < -0.4 is 19.8 Å². The molecule has 1 amide bonds. The molecule has 1 aliphatic heterocycles. The Balaban J connectivity index is 1.63. The summed E-state index contributed by atoms with van der Waals surface area (Å²) in [7, 11) is 1.58. The van der Waals surface area contributed by atoms with Crippen LogP contribution in [0.4, 0.5) is 5.13 Å². The summed E-state index contributed by atoms with van der Waals surface area (Å²) >= 11 is 1.29. The Morgan fingerprint density at radius 2 is 1.79 bits per heavy atom. The first-order valence-electron chi connectivity index (χ1n) is 12.9. The van der Waals surface area contributed by atoms with Gasteiger partial charge in [0.05, 0.1) is 30.7 Å². The van der Waals surface area contributed by atoms with E-state index in [0.29, 0.717) is 44.8 Å². The largest absolute Gasteiger partial charge is 0.493 e. The number of hydrogen-bond acceptors (Lipinski definition) is 8. The van der Waals surface area contributed by atoms with Crippen LogP contribution in [0.2, 0.25) is 0 Å². The second kappa shape index (κ2) is 10.6. The number of carbonyl (C=O) groups is 1. The number of fused-ring (bicyclic) bond motifs is 2. The molecule has 8 nitrogen and oxygen atoms in total. The quantitative estimate of drug-likeness (QED) is 0.233. The van der Waals surface area contributed by atoms with Crippen LogP contribution in [0.3, 0.4) is 0 Å². The molecular weight excluding hydrogens is 502 g/mol. The summed E-state index contributed by atoms with van der Waals surface area (Å²) in [6.07, 6.45) is 4.40. The minimum Gasteiger partial charge on any atom is -0.493 e. The zero-order valence-corrected chi connectivity index (χ0v) is 23.1. The zero-order chi connectivity index (χ0) is 27.0. The van der Waals surface area contributed by atoms with Gasteiger partial charge < -0.3 is 13.9 Å². The Kier molecular flexibility index (Phi) is 7.21. The average Bonchev–Trinajstić information content (AvgIpc) is 3.46. The van der Waals surface area contributed by atoms with Gasteiger partial charge >= 0.3 is 0 Å². The van der Waals surface area contributed by atoms with Gasteiger partial charge in [0.1, 0.15) is 10.6 Å². The van der Waals surface area contributed by atoms with Crippen molar-refractivity contribution in [2.45, 2.75) is 59.4 Å². The van der Waals surface area contributed by atoms with Crippen LogP contribution >= 0.6 is 11.3 Å². The Labute approximate surface area is 225 Å². The number of rotatable bonds is 9. The predicted molar refractivity (Wildman–Crippen MR) is 148 cm³/mol. The van der Waals surface area contributed by atoms with Crippen molar-refractivity contribution in [2.24, 2.45) is 0 Å². The number of anilines is 1. The van der Waals surface area contributed by atoms with Crippen molar-refractivity contribution >= 4 is 33.3 Å². The van der Waals surface area contributed by atoms with Crippen LogP contribution in [0.15, 0.2) is 39.5 Å². The number of carbonyl (C=O) groups excluding carboxylic acids is 1. The third kappa shape index (κ3) is 4.55. The number of ether oxygens (including phenoxy) is 2. The van der Waals surface area contributed by atoms with Crippen LogP contribution in [0.1, 0.15) is 76.5 Å². The number of aryl methyl sites for hydroxylation is 3. The molecule has 38 heavy (non-hydrogen) atoms. The van der Waals surface area contributed by atoms with Crippen molar-refractivity contribution in [1.82, 2.24) is 10.2 Å². The predicted octanol–water partition coefficient (Wildman–Crippen LogP) is 6.29. The fraction of sp³-hybridized carbons (Fsp3) is 0.379. The van der Waals surface area contributed by atoms with Crippen LogP contribution in [0.25, 0.3) is 11.0 Å². The van der Waals surface area contributed by atoms with Crippen LogP contribution in [-0.4, -0.2) is 29.8 Å². The first-order valence-corrected chi connectivity index (χ1v) is 13.7. The molecule has 5 rings (SSSR count). The van der Waals surface area contributed by atoms with Gasteiger partial charge in [-0.3, -0.25) is 14.5 Å². The molecule has 0 aliphatic carbocycles. The summed E-state index contributed by atoms with van der Waals surface area (Å²) < 4.78 is 17.8. The van der Waals surface area contributed by atoms with E-state index < -0.39 is 11.9 Å². The van der Waals surface area contributed by atoms with Gasteiger partial charge in [-0.15, -0.1) is 10.2 Å². The lowest BCUT2D eigenvalue weighted by molar-refractivity contribution is 0.0970. The highest BCUT2D eigenvalue weighted by molar-refractivity contribution is 7.15. The van der Waals surface area contributed by atoms with Gasteiger partial charge in [-0.05, 0) is 68.1 Å². The van der Waals surface area contributed by atoms with Crippen molar-refractivity contribution in [3.05, 3.63) is 73.6 Å². The minimum atomic E-state index is -0.750. The van der Waals surface area contributed by atoms with E-state index in [9.17, 15) is 9.59 Å². The van der Waals surface area contributed by atoms with Crippen molar-refractivity contribution in [1.29, 1.82) is 0 Å². The SMILES string of the molecule is CCCCCCOc1ccc(C2c3c(oc4cc(C)c(C)cc4c3=O)C(=O)N2c2nnc(C)s2)cc1OC. The lowest BCUT2D eigenvalue weighted by Gasteiger charge is -2.23. The molecule has 2 aromatic carbocycles. The molecule has 0 fully saturated rings. The van der Waals surface area contributed by atoms with Crippen molar-refractivity contribution < 1.29 is 18.7 Å². The number of aromatic nitrogens is 2. The number of methoxy groups -OCH3 is 1. The average molecular weight is 534 g/mol. The molecule has 0 bridgehead atoms. The highest BCUT2D eigenvalue weighted by atomic mass is 32.1. The second-order valence-electron chi connectivity index (χ2n) is 9.61. The number of amides is 1. The Hall–Kier alpha value is -3.72. The van der Waals surface area contributed by atoms with E-state index in [1.165, 1.54) is 22.7 Å². The first kappa shape index (κ1) is 25.9. The van der Waals surface area contributed by atoms with E-state index in [1.54, 1.807) is 7.11 Å². The molecule has 9 heteroatoms. The van der Waals surface area contributed by atoms with Crippen LogP contribution in [-0.2, 0) is 0 Å². The second-order valence-corrected chi connectivity index (χ2v) is 10.8. The Morgan fingerprint density at radius 1 is 1.00 bits per heavy atom. The summed E-state index contributed by atoms with van der Waals surface area (Å²) in [5.41, 5.74) is 3.09. The maximum absolute atomic E-state index is 13.9. The molecule has 0 N–H and O–H groups in total. The molecule has 198 valence electrons. The summed E-state index contributed by atoms with van der Waals surface area (Å²) in [5, 5.41) is 9.90. The van der Waals surface area contributed by atoms with Crippen molar-refractivity contribution in [3.8, 4) is 11.5 Å². The molecule has 1 unspecified atom stereocenters. The molecule has 0 saturated heterocycles. The monoisotopic (exact) mass is 533 g/mol. The van der Waals surface area contributed by atoms with Crippen molar-refractivity contribution in [2.75, 3.05) is 18.6 Å². The standard InChI is InChI=1S/C29H31N3O5S/c1-6-7-8-9-12-36-21-11-10-19(15-23(21)35-5)25-24-26(33)20-13-16(2)17(3)14-22(20)37-27(24)28(34)32(25)29-31-30-18(4)38-29/h10-11,13-15,25H,6-9,12H2,1-5H3. The van der Waals surface area contributed by atoms with Gasteiger partial charge in [0.15, 0.2) is 16.9 Å². The first-order chi connectivity index (χ1) is 18.3. The van der Waals surface area contributed by atoms with Gasteiger partial charge in [0.2, 0.25) is 10.9 Å². The van der Waals surface area contributed by atoms with E-state index in [4.69, 9.17) is 13.9 Å². The van der Waals surface area contributed by atoms with E-state index in [-0.39, 0.29) is 16.8 Å². The van der Waals surface area contributed by atoms with E-state index >= 15 is 0 Å². The van der Waals surface area contributed by atoms with Gasteiger partial charge in [0.25, 0.3) is 5.91 Å². The van der Waals surface area contributed by atoms with Gasteiger partial charge in [0, 0.05) is 0 Å². The number of hydrogen-bond donors (Lipinski definition) is 0. The maximum atomic E-state index is 13.9. The molecule has 2 aromatic heterocycles. The van der Waals surface area contributed by atoms with Crippen molar-refractivity contribution in [3.63, 3.8) is 0 Å². The third-order valence-electron chi connectivity index (χ3n) is 6.97. The topological polar surface area (TPSA) is 94.8 Å². The molecule has 1 aliphatic rings. The Morgan fingerprint density at radius 3 is 2.50 bits per heavy atom. The molecule has 3 heterocycles. The number of unbranched alkanes of at least 4 members (excludes halogenated alkanes) is 3. The zero-order valence-electron chi connectivity index (χ0n) is 22.3. The summed E-state index contributed by atoms with van der Waals surface area (Å²) in [6, 6.07) is 8.39. The van der Waals surface area contributed by atoms with E-state index in [1.807, 2.05) is 51.1 Å². The normalized spacial score (nSPS) is 14.8. The molecular formula is C29H31N3O5S. The smallest absolute Gasteiger partial charge is 0.297 e. The summed E-state index contributed by atoms with van der Waals surface area (Å²) in [4.78, 5) is 29.2. The van der Waals surface area contributed by atoms with Gasteiger partial charge in [-0.2, -0.15) is 0 Å². The highest BCUT2D eigenvalue weighted by Gasteiger charge is 2.45. The van der Waals surface area contributed by atoms with Gasteiger partial charge in [-0.1, -0.05) is 43.6 Å². The van der Waals surface area contributed by atoms with E-state index in [2.05, 4.69) is 17.1 Å². The number of nitrogens with zero attached hydrogens (tertiary/aromatic N) is 3. The van der Waals surface area contributed by atoms with Crippen LogP contribution in [0.5, 0.6) is 11.5 Å². The maximum Gasteiger partial charge on any atom is 0.297 e. The molecule has 4 aromatic rings. The highest BCUT2D eigenvalue weighted by Crippen LogP contribution is 2.44. The number of benzene rings is 2. The van der Waals surface area contributed by atoms with E-state index in [0.717, 1.165) is 30.4 Å². The molecule has 0 spiro atoms.